The molecule has 0 aromatic rings. The SMILES string of the molecule is CCC(C)CCCCCCCCCCCCC(=O)O[C@H](COC(=O)CCCCCCCCCCCCCCC(C)C)COP(=O)(O)OCC(O)COP(=O)(O)OC[C@@H](COC(=O)CCCCCCCCCC(C)C)OC(=O)CCCCCCCCCCCCCCC(C)C. The lowest BCUT2D eigenvalue weighted by molar-refractivity contribution is -0.161. The number of rotatable bonds is 72. The Morgan fingerprint density at radius 2 is 0.511 bits per heavy atom. The molecule has 4 unspecified atom stereocenters. The van der Waals surface area contributed by atoms with E-state index in [0.29, 0.717) is 31.6 Å². The van der Waals surface area contributed by atoms with Gasteiger partial charge >= 0.3 is 39.5 Å². The Kier molecular flexibility index (Phi) is 63.1. The van der Waals surface area contributed by atoms with Crippen LogP contribution in [0, 0.1) is 23.7 Å². The number of hydrogen-bond acceptors (Lipinski definition) is 15. The predicted octanol–water partition coefficient (Wildman–Crippen LogP) is 21.7. The largest absolute Gasteiger partial charge is 0.472 e. The maximum absolute atomic E-state index is 13.1. The van der Waals surface area contributed by atoms with Gasteiger partial charge < -0.3 is 33.8 Å². The van der Waals surface area contributed by atoms with E-state index in [1.165, 1.54) is 173 Å². The van der Waals surface area contributed by atoms with Crippen LogP contribution in [-0.2, 0) is 65.4 Å². The molecule has 0 aromatic carbocycles. The topological polar surface area (TPSA) is 237 Å². The van der Waals surface area contributed by atoms with Crippen molar-refractivity contribution in [2.45, 2.75) is 395 Å². The second kappa shape index (κ2) is 64.4. The van der Waals surface area contributed by atoms with Gasteiger partial charge in [-0.3, -0.25) is 37.3 Å². The molecule has 0 heterocycles. The number of carbonyl (C=O) groups excluding carboxylic acids is 4. The molecule has 0 spiro atoms. The van der Waals surface area contributed by atoms with Crippen molar-refractivity contribution in [3.63, 3.8) is 0 Å². The fourth-order valence-electron chi connectivity index (χ4n) is 11.3. The average Bonchev–Trinajstić information content (AvgIpc) is 3.22. The van der Waals surface area contributed by atoms with E-state index in [9.17, 15) is 43.2 Å². The van der Waals surface area contributed by atoms with Gasteiger partial charge in [0.25, 0.3) is 0 Å². The smallest absolute Gasteiger partial charge is 0.462 e. The molecule has 6 atom stereocenters. The van der Waals surface area contributed by atoms with Crippen molar-refractivity contribution in [2.24, 2.45) is 23.7 Å². The number of ether oxygens (including phenoxy) is 4. The maximum atomic E-state index is 13.1. The van der Waals surface area contributed by atoms with Crippen LogP contribution in [0.1, 0.15) is 376 Å². The van der Waals surface area contributed by atoms with E-state index in [2.05, 4.69) is 55.4 Å². The molecule has 3 N–H and O–H groups in total. The van der Waals surface area contributed by atoms with Gasteiger partial charge in [0.2, 0.25) is 0 Å². The highest BCUT2D eigenvalue weighted by atomic mass is 31.2. The van der Waals surface area contributed by atoms with Gasteiger partial charge in [-0.2, -0.15) is 0 Å². The minimum atomic E-state index is -4.96. The van der Waals surface area contributed by atoms with Crippen LogP contribution in [0.3, 0.4) is 0 Å². The van der Waals surface area contributed by atoms with Crippen LogP contribution in [0.15, 0.2) is 0 Å². The zero-order valence-corrected chi connectivity index (χ0v) is 63.4. The molecule has 0 aliphatic carbocycles. The molecule has 0 radical (unpaired) electrons. The number of phosphoric ester groups is 2. The Labute approximate surface area is 575 Å². The lowest BCUT2D eigenvalue weighted by atomic mass is 9.99. The number of hydrogen-bond donors (Lipinski definition) is 3. The number of unbranched alkanes of at least 4 members (excludes halogenated alkanes) is 37. The third-order valence-electron chi connectivity index (χ3n) is 17.7. The number of carbonyl (C=O) groups is 4. The van der Waals surface area contributed by atoms with Gasteiger partial charge in [-0.15, -0.1) is 0 Å². The molecule has 0 fully saturated rings. The van der Waals surface area contributed by atoms with E-state index in [4.69, 9.17) is 37.0 Å². The third-order valence-corrected chi connectivity index (χ3v) is 19.6. The molecule has 0 bridgehead atoms. The monoisotopic (exact) mass is 1380 g/mol. The highest BCUT2D eigenvalue weighted by Crippen LogP contribution is 2.45. The van der Waals surface area contributed by atoms with E-state index in [1.807, 2.05) is 0 Å². The number of aliphatic hydroxyl groups excluding tert-OH is 1. The zero-order chi connectivity index (χ0) is 69.6. The standard InChI is InChI=1S/C75H146O17P2/c1-9-68(8)54-46-38-30-22-18-19-25-33-42-50-58-75(80)91-70(61-85-72(77)55-47-39-31-23-16-12-10-14-20-27-35-43-51-65(2)3)63-89-93(81,82)87-59-69(76)60-88-94(83,84)90-64-71(62-86-73(78)56-48-40-34-26-29-37-45-53-67(6)7)92-74(79)57-49-41-32-24-17-13-11-15-21-28-36-44-52-66(4)5/h65-71,76H,9-64H2,1-8H3,(H,81,82)(H,83,84)/t68?,69?,70-,71-/m1/s1. The molecular weight excluding hydrogens is 1230 g/mol. The Balaban J connectivity index is 5.26. The Hall–Kier alpha value is -1.94. The van der Waals surface area contributed by atoms with Crippen LogP contribution in [0.2, 0.25) is 0 Å². The summed E-state index contributed by atoms with van der Waals surface area (Å²) < 4.78 is 68.5. The summed E-state index contributed by atoms with van der Waals surface area (Å²) in [4.78, 5) is 72.8. The third kappa shape index (κ3) is 67.3. The molecule has 0 saturated heterocycles. The molecule has 0 saturated carbocycles. The fourth-order valence-corrected chi connectivity index (χ4v) is 12.9. The van der Waals surface area contributed by atoms with Gasteiger partial charge in [0.05, 0.1) is 26.4 Å². The number of esters is 4. The van der Waals surface area contributed by atoms with Crippen molar-refractivity contribution >= 4 is 39.5 Å². The first kappa shape index (κ1) is 92.1. The van der Waals surface area contributed by atoms with E-state index in [-0.39, 0.29) is 25.7 Å². The van der Waals surface area contributed by atoms with Crippen molar-refractivity contribution in [1.29, 1.82) is 0 Å². The summed E-state index contributed by atoms with van der Waals surface area (Å²) in [6.07, 6.45) is 48.5. The maximum Gasteiger partial charge on any atom is 0.472 e. The van der Waals surface area contributed by atoms with Crippen molar-refractivity contribution in [3.8, 4) is 0 Å². The number of aliphatic hydroxyl groups is 1. The summed E-state index contributed by atoms with van der Waals surface area (Å²) in [5.74, 6) is 0.944. The van der Waals surface area contributed by atoms with E-state index >= 15 is 0 Å². The van der Waals surface area contributed by atoms with Crippen molar-refractivity contribution in [1.82, 2.24) is 0 Å². The zero-order valence-electron chi connectivity index (χ0n) is 61.6. The molecular formula is C75H146O17P2. The van der Waals surface area contributed by atoms with Crippen LogP contribution in [-0.4, -0.2) is 96.7 Å². The second-order valence-electron chi connectivity index (χ2n) is 28.7. The summed E-state index contributed by atoms with van der Waals surface area (Å²) in [7, 11) is -9.91. The van der Waals surface area contributed by atoms with E-state index < -0.39 is 97.5 Å². The lowest BCUT2D eigenvalue weighted by Crippen LogP contribution is -2.30. The normalized spacial score (nSPS) is 14.4. The molecule has 0 rings (SSSR count). The summed E-state index contributed by atoms with van der Waals surface area (Å²) in [5, 5.41) is 10.6. The molecule has 0 aromatic heterocycles. The summed E-state index contributed by atoms with van der Waals surface area (Å²) in [6.45, 7) is 14.2. The molecule has 558 valence electrons. The average molecular weight is 1380 g/mol. The van der Waals surface area contributed by atoms with E-state index in [1.54, 1.807) is 0 Å². The molecule has 17 nitrogen and oxygen atoms in total. The van der Waals surface area contributed by atoms with Crippen LogP contribution in [0.4, 0.5) is 0 Å². The van der Waals surface area contributed by atoms with Gasteiger partial charge in [-0.05, 0) is 49.4 Å². The Bertz CT molecular complexity index is 1850. The van der Waals surface area contributed by atoms with Crippen molar-refractivity contribution in [2.75, 3.05) is 39.6 Å². The summed E-state index contributed by atoms with van der Waals surface area (Å²) >= 11 is 0. The van der Waals surface area contributed by atoms with Gasteiger partial charge in [-0.1, -0.05) is 325 Å². The van der Waals surface area contributed by atoms with Gasteiger partial charge in [0.15, 0.2) is 12.2 Å². The summed E-state index contributed by atoms with van der Waals surface area (Å²) in [6, 6.07) is 0. The van der Waals surface area contributed by atoms with Crippen molar-refractivity contribution < 1.29 is 80.2 Å². The van der Waals surface area contributed by atoms with Gasteiger partial charge in [0.1, 0.15) is 19.3 Å². The minimum Gasteiger partial charge on any atom is -0.462 e. The highest BCUT2D eigenvalue weighted by molar-refractivity contribution is 7.47. The first-order chi connectivity index (χ1) is 45.1. The minimum absolute atomic E-state index is 0.106. The second-order valence-corrected chi connectivity index (χ2v) is 31.6. The Morgan fingerprint density at radius 3 is 0.755 bits per heavy atom. The highest BCUT2D eigenvalue weighted by Gasteiger charge is 2.30. The molecule has 0 aliphatic rings. The molecule has 19 heteroatoms. The van der Waals surface area contributed by atoms with Crippen molar-refractivity contribution in [3.05, 3.63) is 0 Å². The van der Waals surface area contributed by atoms with Crippen LogP contribution in [0.25, 0.3) is 0 Å². The predicted molar refractivity (Wildman–Crippen MR) is 381 cm³/mol. The van der Waals surface area contributed by atoms with Gasteiger partial charge in [-0.25, -0.2) is 9.13 Å². The first-order valence-corrected chi connectivity index (χ1v) is 41.7. The summed E-state index contributed by atoms with van der Waals surface area (Å²) in [5.41, 5.74) is 0. The van der Waals surface area contributed by atoms with E-state index in [0.717, 1.165) is 114 Å². The Morgan fingerprint density at radius 1 is 0.298 bits per heavy atom. The van der Waals surface area contributed by atoms with Crippen LogP contribution < -0.4 is 0 Å². The quantitative estimate of drug-likeness (QED) is 0.0222. The molecule has 0 amide bonds. The molecule has 94 heavy (non-hydrogen) atoms. The number of phosphoric acid groups is 2. The van der Waals surface area contributed by atoms with Crippen LogP contribution >= 0.6 is 15.6 Å². The first-order valence-electron chi connectivity index (χ1n) is 38.7. The lowest BCUT2D eigenvalue weighted by Gasteiger charge is -2.21. The van der Waals surface area contributed by atoms with Crippen LogP contribution in [0.5, 0.6) is 0 Å². The fraction of sp³-hybridized carbons (Fsp3) is 0.947. The molecule has 0 aliphatic heterocycles. The van der Waals surface area contributed by atoms with Gasteiger partial charge in [0, 0.05) is 25.7 Å².